The highest BCUT2D eigenvalue weighted by molar-refractivity contribution is 6.30. The zero-order chi connectivity index (χ0) is 25.8. The van der Waals surface area contributed by atoms with E-state index >= 15 is 0 Å². The molecule has 8 rings (SSSR count). The minimum atomic E-state index is -0.949. The Morgan fingerprint density at radius 2 is 1.87 bits per heavy atom. The molecule has 1 amide bonds. The second kappa shape index (κ2) is 8.03. The monoisotopic (exact) mass is 536 g/mol. The molecule has 6 atom stereocenters. The lowest BCUT2D eigenvalue weighted by Gasteiger charge is -2.64. The largest absolute Gasteiger partial charge is 0.504 e. The number of carbonyl (C=O) groups excluding carboxylic acids is 1. The number of hydrogen-bond acceptors (Lipinski definition) is 6. The lowest BCUT2D eigenvalue weighted by atomic mass is 9.48. The quantitative estimate of drug-likeness (QED) is 0.607. The molecule has 3 heterocycles. The van der Waals surface area contributed by atoms with E-state index in [2.05, 4.69) is 4.90 Å². The summed E-state index contributed by atoms with van der Waals surface area (Å²) in [5.74, 6) is 1.99. The summed E-state index contributed by atoms with van der Waals surface area (Å²) >= 11 is 6.01. The highest BCUT2D eigenvalue weighted by Gasteiger charge is 2.73. The van der Waals surface area contributed by atoms with Gasteiger partial charge in [0.1, 0.15) is 11.9 Å². The van der Waals surface area contributed by atoms with Gasteiger partial charge in [-0.05, 0) is 86.9 Å². The summed E-state index contributed by atoms with van der Waals surface area (Å²) in [6.45, 7) is 2.54. The maximum absolute atomic E-state index is 13.7. The lowest BCUT2D eigenvalue weighted by Crippen LogP contribution is -2.78. The fourth-order valence-electron chi connectivity index (χ4n) is 8.57. The molecule has 2 aromatic rings. The molecular formula is C30H33ClN2O5. The molecule has 2 saturated heterocycles. The van der Waals surface area contributed by atoms with Gasteiger partial charge in [-0.2, -0.15) is 0 Å². The number of likely N-dealkylation sites (tertiary alicyclic amines) is 2. The number of hydrogen-bond donors (Lipinski definition) is 2. The van der Waals surface area contributed by atoms with E-state index in [0.29, 0.717) is 42.3 Å². The van der Waals surface area contributed by atoms with E-state index in [1.807, 2.05) is 11.0 Å². The van der Waals surface area contributed by atoms with Gasteiger partial charge < -0.3 is 24.6 Å². The van der Waals surface area contributed by atoms with Gasteiger partial charge >= 0.3 is 0 Å². The van der Waals surface area contributed by atoms with Crippen molar-refractivity contribution in [2.45, 2.75) is 80.3 Å². The van der Waals surface area contributed by atoms with Crippen LogP contribution in [0, 0.1) is 5.92 Å². The Morgan fingerprint density at radius 1 is 1.05 bits per heavy atom. The predicted molar refractivity (Wildman–Crippen MR) is 141 cm³/mol. The molecule has 38 heavy (non-hydrogen) atoms. The maximum atomic E-state index is 13.7. The van der Waals surface area contributed by atoms with Gasteiger partial charge in [0.05, 0.1) is 17.1 Å². The number of ether oxygens (including phenoxy) is 2. The first-order valence-corrected chi connectivity index (χ1v) is 14.5. The number of phenolic OH excluding ortho intramolecular Hbond substituents is 1. The van der Waals surface area contributed by atoms with Gasteiger partial charge in [-0.1, -0.05) is 17.7 Å². The molecule has 0 aromatic heterocycles. The Hall–Kier alpha value is -2.48. The molecule has 2 saturated carbocycles. The first-order valence-electron chi connectivity index (χ1n) is 14.1. The van der Waals surface area contributed by atoms with Gasteiger partial charge in [0, 0.05) is 36.1 Å². The molecule has 3 aliphatic carbocycles. The molecule has 0 radical (unpaired) electrons. The van der Waals surface area contributed by atoms with Crippen LogP contribution in [-0.2, 0) is 16.6 Å². The number of rotatable bonds is 5. The Bertz CT molecular complexity index is 1310. The van der Waals surface area contributed by atoms with Gasteiger partial charge in [-0.25, -0.2) is 0 Å². The van der Waals surface area contributed by atoms with Gasteiger partial charge in [0.2, 0.25) is 0 Å². The Balaban J connectivity index is 1.14. The molecule has 2 bridgehead atoms. The van der Waals surface area contributed by atoms with Gasteiger partial charge in [0.15, 0.2) is 17.6 Å². The van der Waals surface area contributed by atoms with Crippen molar-refractivity contribution in [2.24, 2.45) is 5.92 Å². The van der Waals surface area contributed by atoms with Crippen LogP contribution in [0.15, 0.2) is 36.4 Å². The molecule has 7 nitrogen and oxygen atoms in total. The average Bonchev–Trinajstić information content (AvgIpc) is 3.55. The number of amides is 1. The van der Waals surface area contributed by atoms with Crippen LogP contribution in [0.5, 0.6) is 17.2 Å². The summed E-state index contributed by atoms with van der Waals surface area (Å²) < 4.78 is 12.7. The number of halogens is 1. The van der Waals surface area contributed by atoms with Crippen LogP contribution in [-0.4, -0.2) is 75.4 Å². The summed E-state index contributed by atoms with van der Waals surface area (Å²) in [7, 11) is 0. The SMILES string of the molecule is O=C1C(Oc2ccc(Cl)cc2)CCN1[C@@H]1CCC2(O)[C@H]3Cc4ccc(O)c5c4[C@@]2(CCN3CC2CC2)[C@H]1O5. The molecule has 4 fully saturated rings. The van der Waals surface area contributed by atoms with E-state index in [1.54, 1.807) is 30.3 Å². The standard InChI is InChI=1S/C30H33ClN2O5/c31-19-4-6-20(7-5-19)37-23-10-13-33(28(23)35)21-9-11-30(36)24-15-18-3-8-22(34)26-25(18)29(30,27(21)38-26)12-14-32(24)16-17-1-2-17/h3-8,17,21,23-24,27,34,36H,1-2,9-16H2/t21-,23?,24-,27+,29+,30?/m1/s1. The van der Waals surface area contributed by atoms with Crippen molar-refractivity contribution in [2.75, 3.05) is 19.6 Å². The minimum Gasteiger partial charge on any atom is -0.504 e. The summed E-state index contributed by atoms with van der Waals surface area (Å²) in [6.07, 6.45) is 5.04. The van der Waals surface area contributed by atoms with Crippen molar-refractivity contribution in [3.05, 3.63) is 52.5 Å². The molecule has 8 heteroatoms. The van der Waals surface area contributed by atoms with Crippen LogP contribution < -0.4 is 9.47 Å². The first kappa shape index (κ1) is 23.4. The summed E-state index contributed by atoms with van der Waals surface area (Å²) in [4.78, 5) is 18.2. The third-order valence-corrected chi connectivity index (χ3v) is 10.7. The Morgan fingerprint density at radius 3 is 2.66 bits per heavy atom. The van der Waals surface area contributed by atoms with Crippen molar-refractivity contribution >= 4 is 17.5 Å². The van der Waals surface area contributed by atoms with E-state index in [0.717, 1.165) is 37.4 Å². The van der Waals surface area contributed by atoms with E-state index in [1.165, 1.54) is 18.4 Å². The fraction of sp³-hybridized carbons (Fsp3) is 0.567. The molecule has 2 aromatic carbocycles. The molecule has 2 unspecified atom stereocenters. The zero-order valence-electron chi connectivity index (χ0n) is 21.3. The summed E-state index contributed by atoms with van der Waals surface area (Å²) in [5, 5.41) is 24.2. The predicted octanol–water partition coefficient (Wildman–Crippen LogP) is 3.66. The molecular weight excluding hydrogens is 504 g/mol. The second-order valence-corrected chi connectivity index (χ2v) is 12.7. The third kappa shape index (κ3) is 3.07. The van der Waals surface area contributed by atoms with Crippen LogP contribution in [0.4, 0.5) is 0 Å². The van der Waals surface area contributed by atoms with Crippen molar-refractivity contribution in [3.8, 4) is 17.2 Å². The van der Waals surface area contributed by atoms with Gasteiger partial charge in [-0.15, -0.1) is 0 Å². The highest BCUT2D eigenvalue weighted by atomic mass is 35.5. The molecule has 3 aliphatic heterocycles. The first-order chi connectivity index (χ1) is 18.4. The number of nitrogens with zero attached hydrogens (tertiary/aromatic N) is 2. The lowest BCUT2D eigenvalue weighted by molar-refractivity contribution is -0.201. The van der Waals surface area contributed by atoms with E-state index in [4.69, 9.17) is 21.1 Å². The number of benzene rings is 2. The van der Waals surface area contributed by atoms with Crippen molar-refractivity contribution in [1.29, 1.82) is 0 Å². The topological polar surface area (TPSA) is 82.5 Å². The Labute approximate surface area is 227 Å². The highest BCUT2D eigenvalue weighted by Crippen LogP contribution is 2.66. The fourth-order valence-corrected chi connectivity index (χ4v) is 8.69. The number of carbonyl (C=O) groups is 1. The van der Waals surface area contributed by atoms with E-state index in [9.17, 15) is 15.0 Å². The smallest absolute Gasteiger partial charge is 0.264 e. The molecule has 200 valence electrons. The van der Waals surface area contributed by atoms with Gasteiger partial charge in [-0.3, -0.25) is 9.69 Å². The summed E-state index contributed by atoms with van der Waals surface area (Å²) in [5.41, 5.74) is 0.595. The van der Waals surface area contributed by atoms with Crippen LogP contribution in [0.25, 0.3) is 0 Å². The Kier molecular flexibility index (Phi) is 4.94. The van der Waals surface area contributed by atoms with Crippen LogP contribution in [0.2, 0.25) is 5.02 Å². The van der Waals surface area contributed by atoms with E-state index in [-0.39, 0.29) is 23.7 Å². The normalized spacial score (nSPS) is 37.2. The average molecular weight is 537 g/mol. The maximum Gasteiger partial charge on any atom is 0.264 e. The number of aliphatic hydroxyl groups is 1. The van der Waals surface area contributed by atoms with Gasteiger partial charge in [0.25, 0.3) is 5.91 Å². The number of aromatic hydroxyl groups is 1. The number of piperidine rings is 1. The minimum absolute atomic E-state index is 0.0298. The molecule has 2 N–H and O–H groups in total. The van der Waals surface area contributed by atoms with Crippen LogP contribution in [0.1, 0.15) is 49.7 Å². The van der Waals surface area contributed by atoms with Crippen molar-refractivity contribution in [3.63, 3.8) is 0 Å². The van der Waals surface area contributed by atoms with Crippen molar-refractivity contribution < 1.29 is 24.5 Å². The van der Waals surface area contributed by atoms with Crippen LogP contribution >= 0.6 is 11.6 Å². The van der Waals surface area contributed by atoms with Crippen molar-refractivity contribution in [1.82, 2.24) is 9.80 Å². The van der Waals surface area contributed by atoms with Crippen LogP contribution in [0.3, 0.4) is 0 Å². The second-order valence-electron chi connectivity index (χ2n) is 12.3. The third-order valence-electron chi connectivity index (χ3n) is 10.4. The number of phenols is 1. The zero-order valence-corrected chi connectivity index (χ0v) is 22.1. The molecule has 6 aliphatic rings. The van der Waals surface area contributed by atoms with E-state index < -0.39 is 23.2 Å². The molecule has 1 spiro atoms. The summed E-state index contributed by atoms with van der Waals surface area (Å²) in [6, 6.07) is 10.7.